The van der Waals surface area contributed by atoms with Gasteiger partial charge in [-0.3, -0.25) is 0 Å². The van der Waals surface area contributed by atoms with E-state index >= 15 is 0 Å². The average molecular weight is 576 g/mol. The monoisotopic (exact) mass is 575 g/mol. The first-order valence-corrected chi connectivity index (χ1v) is 19.5. The second-order valence-corrected chi connectivity index (χ2v) is 19.7. The summed E-state index contributed by atoms with van der Waals surface area (Å²) in [7, 11) is -0.741. The van der Waals surface area contributed by atoms with Crippen molar-refractivity contribution in [3.63, 3.8) is 0 Å². The normalized spacial score (nSPS) is 10.6. The van der Waals surface area contributed by atoms with Gasteiger partial charge in [0.05, 0.1) is 0 Å². The maximum absolute atomic E-state index is 5.10. The molecular weight excluding hydrogens is 526 g/mol. The Labute approximate surface area is 241 Å². The Morgan fingerprint density at radius 1 is 0.649 bits per heavy atom. The quantitative estimate of drug-likeness (QED) is 0.164. The van der Waals surface area contributed by atoms with Crippen LogP contribution in [0.5, 0.6) is 0 Å². The van der Waals surface area contributed by atoms with Gasteiger partial charge in [-0.1, -0.05) is 113 Å². The van der Waals surface area contributed by atoms with Gasteiger partial charge in [0.15, 0.2) is 0 Å². The summed E-state index contributed by atoms with van der Waals surface area (Å²) in [6.07, 6.45) is -0.258. The van der Waals surface area contributed by atoms with E-state index in [-0.39, 0.29) is 31.2 Å². The second-order valence-electron chi connectivity index (χ2n) is 11.6. The predicted octanol–water partition coefficient (Wildman–Crippen LogP) is 10.7. The Morgan fingerprint density at radius 3 is 1.19 bits per heavy atom. The minimum absolute atomic E-state index is 0. The van der Waals surface area contributed by atoms with Crippen molar-refractivity contribution < 1.29 is 17.1 Å². The van der Waals surface area contributed by atoms with Crippen LogP contribution in [0.2, 0.25) is 19.6 Å². The van der Waals surface area contributed by atoms with Gasteiger partial charge < -0.3 is 17.2 Å². The van der Waals surface area contributed by atoms with Crippen LogP contribution in [0.25, 0.3) is 10.6 Å². The van der Waals surface area contributed by atoms with Gasteiger partial charge in [-0.25, -0.2) is 0 Å². The molecule has 0 N–H and O–H groups in total. The van der Waals surface area contributed by atoms with Crippen molar-refractivity contribution in [2.75, 3.05) is 20.0 Å². The molecule has 37 heavy (non-hydrogen) atoms. The van der Waals surface area contributed by atoms with Gasteiger partial charge in [0, 0.05) is 20.0 Å². The number of rotatable bonds is 5. The summed E-state index contributed by atoms with van der Waals surface area (Å²) < 4.78 is 0. The summed E-state index contributed by atoms with van der Waals surface area (Å²) in [5.41, 5.74) is 10.5. The van der Waals surface area contributed by atoms with Crippen molar-refractivity contribution in [2.24, 2.45) is 0 Å². The summed E-state index contributed by atoms with van der Waals surface area (Å²) in [6.45, 7) is 30.1. The fourth-order valence-electron chi connectivity index (χ4n) is 3.80. The molecule has 0 saturated carbocycles. The van der Waals surface area contributed by atoms with E-state index in [1.54, 1.807) is 0 Å². The van der Waals surface area contributed by atoms with Crippen molar-refractivity contribution in [3.05, 3.63) is 111 Å². The van der Waals surface area contributed by atoms with Gasteiger partial charge >= 0.3 is 17.1 Å². The molecule has 5 heteroatoms. The van der Waals surface area contributed by atoms with Gasteiger partial charge in [0.1, 0.15) is 0 Å². The third kappa shape index (κ3) is 14.2. The van der Waals surface area contributed by atoms with Gasteiger partial charge in [0.25, 0.3) is 0 Å². The first-order valence-electron chi connectivity index (χ1n) is 12.8. The zero-order chi connectivity index (χ0) is 27.6. The van der Waals surface area contributed by atoms with E-state index < -0.39 is 8.07 Å². The molecule has 202 valence electrons. The fourth-order valence-corrected chi connectivity index (χ4v) is 3.80. The van der Waals surface area contributed by atoms with E-state index in [9.17, 15) is 0 Å². The van der Waals surface area contributed by atoms with Gasteiger partial charge in [-0.15, -0.1) is 19.4 Å². The standard InChI is InChI=1S/C25H28N2.C4H11Si.C3H9P.Mn/c1-16-12-18(3)23(19(4)13-16)26-25(22-10-8-7-9-11-22)27-24-20(5)14-17(2)15-21(24)6;1-5(2,3)4;1-4(2)3;/h7-15,25H,1-6H3;1H2,2-4H3;1-3H3;/q-2;-1;;+3/p+1. The largest absolute Gasteiger partial charge is 3.00 e. The predicted molar refractivity (Wildman–Crippen MR) is 171 cm³/mol. The molecule has 3 aromatic rings. The van der Waals surface area contributed by atoms with Crippen molar-refractivity contribution in [3.8, 4) is 0 Å². The van der Waals surface area contributed by atoms with Crippen LogP contribution in [0.15, 0.2) is 54.6 Å². The molecule has 0 atom stereocenters. The number of hydrogen-bond acceptors (Lipinski definition) is 0. The maximum Gasteiger partial charge on any atom is 3.00 e. The number of aryl methyl sites for hydroxylation is 6. The smallest absolute Gasteiger partial charge is 0.693 e. The van der Waals surface area contributed by atoms with Crippen LogP contribution in [0.1, 0.15) is 45.1 Å². The average Bonchev–Trinajstić information content (AvgIpc) is 2.70. The molecule has 0 fully saturated rings. The maximum atomic E-state index is 5.10. The summed E-state index contributed by atoms with van der Waals surface area (Å²) in [5.74, 6) is 0. The molecule has 0 heterocycles. The molecule has 3 aromatic carbocycles. The van der Waals surface area contributed by atoms with Crippen LogP contribution in [-0.4, -0.2) is 28.1 Å². The second kappa shape index (κ2) is 16.4. The summed E-state index contributed by atoms with van der Waals surface area (Å²) in [6, 6.07) is 19.1. The summed E-state index contributed by atoms with van der Waals surface area (Å²) in [5, 5.41) is 10.2. The molecule has 0 saturated heterocycles. The number of hydrogen-bond donors (Lipinski definition) is 0. The number of nitrogens with zero attached hydrogens (tertiary/aromatic N) is 2. The molecule has 0 amide bonds. The Morgan fingerprint density at radius 2 is 0.919 bits per heavy atom. The Balaban J connectivity index is 0.00000112. The molecule has 2 nitrogen and oxygen atoms in total. The fraction of sp³-hybridized carbons (Fsp3) is 0.406. The zero-order valence-electron chi connectivity index (χ0n) is 25.3. The minimum atomic E-state index is -0.861. The Kier molecular flexibility index (Phi) is 15.7. The van der Waals surface area contributed by atoms with Crippen LogP contribution < -0.4 is 0 Å². The summed E-state index contributed by atoms with van der Waals surface area (Å²) in [4.78, 5) is 0. The Hall–Kier alpha value is -1.57. The molecule has 0 aliphatic heterocycles. The van der Waals surface area contributed by atoms with Crippen LogP contribution in [0, 0.1) is 48.1 Å². The van der Waals surface area contributed by atoms with E-state index in [4.69, 9.17) is 10.6 Å². The number of benzene rings is 3. The Bertz CT molecular complexity index is 977. The molecule has 0 bridgehead atoms. The van der Waals surface area contributed by atoms with Crippen LogP contribution in [0.4, 0.5) is 11.4 Å². The SMILES string of the molecule is C[PH+](C)C.Cc1cc(C)c([N-]C([N-]c2c(C)cc(C)cc2C)c2ccccc2)c(C)c1.[CH2-][Si](C)(C)C.[Mn+3]. The van der Waals surface area contributed by atoms with E-state index in [1.807, 2.05) is 6.07 Å². The molecule has 3 rings (SSSR count). The van der Waals surface area contributed by atoms with E-state index in [1.165, 1.54) is 33.4 Å². The molecule has 0 aliphatic rings. The van der Waals surface area contributed by atoms with Crippen LogP contribution >= 0.6 is 7.92 Å². The topological polar surface area (TPSA) is 28.2 Å². The van der Waals surface area contributed by atoms with Crippen molar-refractivity contribution >= 4 is 27.4 Å². The minimum Gasteiger partial charge on any atom is -0.693 e. The third-order valence-electron chi connectivity index (χ3n) is 4.87. The molecule has 0 spiro atoms. The van der Waals surface area contributed by atoms with E-state index in [2.05, 4.69) is 136 Å². The molecular formula is C32H49MnN2PSi+. The van der Waals surface area contributed by atoms with Crippen LogP contribution in [-0.2, 0) is 17.1 Å². The molecule has 0 aromatic heterocycles. The van der Waals surface area contributed by atoms with Crippen molar-refractivity contribution in [2.45, 2.75) is 67.3 Å². The van der Waals surface area contributed by atoms with Gasteiger partial charge in [-0.2, -0.15) is 6.17 Å². The van der Waals surface area contributed by atoms with Gasteiger partial charge in [0.2, 0.25) is 0 Å². The van der Waals surface area contributed by atoms with Crippen molar-refractivity contribution in [1.82, 2.24) is 0 Å². The third-order valence-corrected chi connectivity index (χ3v) is 4.87. The van der Waals surface area contributed by atoms with Crippen molar-refractivity contribution in [1.29, 1.82) is 0 Å². The summed E-state index contributed by atoms with van der Waals surface area (Å²) >= 11 is 0. The van der Waals surface area contributed by atoms with E-state index in [0.717, 1.165) is 16.9 Å². The first kappa shape index (κ1) is 35.4. The first-order chi connectivity index (χ1) is 16.6. The molecule has 0 aliphatic carbocycles. The molecule has 0 radical (unpaired) electrons. The van der Waals surface area contributed by atoms with Gasteiger partial charge in [-0.05, 0) is 49.5 Å². The van der Waals surface area contributed by atoms with Crippen LogP contribution in [0.3, 0.4) is 0 Å². The van der Waals surface area contributed by atoms with E-state index in [0.29, 0.717) is 0 Å². The molecule has 0 unspecified atom stereocenters. The zero-order valence-corrected chi connectivity index (χ0v) is 28.4.